The van der Waals surface area contributed by atoms with Crippen LogP contribution in [0.4, 0.5) is 0 Å². The van der Waals surface area contributed by atoms with Crippen molar-refractivity contribution in [2.24, 2.45) is 5.73 Å². The van der Waals surface area contributed by atoms with Gasteiger partial charge in [0, 0.05) is 0 Å². The first kappa shape index (κ1) is 13.9. The van der Waals surface area contributed by atoms with Gasteiger partial charge in [0.15, 0.2) is 0 Å². The summed E-state index contributed by atoms with van der Waals surface area (Å²) in [5.41, 5.74) is 4.88. The molecule has 0 saturated carbocycles. The van der Waals surface area contributed by atoms with Crippen molar-refractivity contribution >= 4 is 11.9 Å². The van der Waals surface area contributed by atoms with Crippen LogP contribution < -0.4 is 11.1 Å². The molecule has 0 spiro atoms. The number of hydrogen-bond donors (Lipinski definition) is 3. The van der Waals surface area contributed by atoms with Crippen molar-refractivity contribution in [1.82, 2.24) is 5.32 Å². The second kappa shape index (κ2) is 5.70. The Morgan fingerprint density at radius 1 is 1.33 bits per heavy atom. The largest absolute Gasteiger partial charge is 0.480 e. The molecule has 0 bridgehead atoms. The van der Waals surface area contributed by atoms with E-state index in [9.17, 15) is 9.59 Å². The predicted octanol–water partition coefficient (Wildman–Crippen LogP) is 0.483. The van der Waals surface area contributed by atoms with Gasteiger partial charge in [-0.15, -0.1) is 0 Å². The lowest BCUT2D eigenvalue weighted by Crippen LogP contribution is -2.56. The lowest BCUT2D eigenvalue weighted by atomic mass is 9.93. The maximum Gasteiger partial charge on any atom is 0.326 e. The van der Waals surface area contributed by atoms with Crippen LogP contribution in [-0.2, 0) is 9.59 Å². The summed E-state index contributed by atoms with van der Waals surface area (Å²) in [4.78, 5) is 22.4. The quantitative estimate of drug-likeness (QED) is 0.602. The average molecular weight is 216 g/mol. The molecule has 4 N–H and O–H groups in total. The minimum atomic E-state index is -1.03. The normalized spacial score (nSPS) is 13.3. The lowest BCUT2D eigenvalue weighted by Gasteiger charge is -2.26. The Bertz CT molecular complexity index is 237. The van der Waals surface area contributed by atoms with Gasteiger partial charge in [-0.2, -0.15) is 0 Å². The minimum absolute atomic E-state index is 0.352. The van der Waals surface area contributed by atoms with Gasteiger partial charge in [-0.25, -0.2) is 4.79 Å². The first-order valence-electron chi connectivity index (χ1n) is 5.23. The summed E-state index contributed by atoms with van der Waals surface area (Å²) in [6.07, 6.45) is 1.33. The summed E-state index contributed by atoms with van der Waals surface area (Å²) in [6, 6.07) is -0.849. The van der Waals surface area contributed by atoms with E-state index in [1.807, 2.05) is 13.8 Å². The number of nitrogens with two attached hydrogens (primary N) is 1. The number of hydrogen-bond acceptors (Lipinski definition) is 3. The van der Waals surface area contributed by atoms with Crippen molar-refractivity contribution in [2.75, 3.05) is 0 Å². The number of carbonyl (C=O) groups excluding carboxylic acids is 1. The Kier molecular flexibility index (Phi) is 5.28. The van der Waals surface area contributed by atoms with Gasteiger partial charge in [0.2, 0.25) is 5.91 Å². The van der Waals surface area contributed by atoms with E-state index in [-0.39, 0.29) is 5.91 Å². The van der Waals surface area contributed by atoms with Gasteiger partial charge in [0.1, 0.15) is 6.04 Å². The predicted molar refractivity (Wildman–Crippen MR) is 57.4 cm³/mol. The molecule has 0 radical (unpaired) electrons. The first-order chi connectivity index (χ1) is 6.91. The fourth-order valence-electron chi connectivity index (χ4n) is 1.21. The van der Waals surface area contributed by atoms with Crippen molar-refractivity contribution in [3.05, 3.63) is 0 Å². The van der Waals surface area contributed by atoms with Crippen molar-refractivity contribution in [1.29, 1.82) is 0 Å². The molecule has 1 atom stereocenters. The Morgan fingerprint density at radius 3 is 2.07 bits per heavy atom. The zero-order valence-electron chi connectivity index (χ0n) is 9.54. The van der Waals surface area contributed by atoms with Crippen molar-refractivity contribution in [3.63, 3.8) is 0 Å². The van der Waals surface area contributed by atoms with Crippen molar-refractivity contribution in [2.45, 2.75) is 51.6 Å². The van der Waals surface area contributed by atoms with Crippen molar-refractivity contribution in [3.8, 4) is 0 Å². The van der Waals surface area contributed by atoms with Gasteiger partial charge in [-0.3, -0.25) is 4.79 Å². The topological polar surface area (TPSA) is 92.4 Å². The van der Waals surface area contributed by atoms with E-state index in [1.54, 1.807) is 6.92 Å². The average Bonchev–Trinajstić information content (AvgIpc) is 2.23. The molecule has 0 saturated heterocycles. The molecule has 0 unspecified atom stereocenters. The number of aliphatic carboxylic acids is 1. The van der Waals surface area contributed by atoms with E-state index in [0.29, 0.717) is 19.3 Å². The molecule has 0 rings (SSSR count). The minimum Gasteiger partial charge on any atom is -0.480 e. The van der Waals surface area contributed by atoms with Gasteiger partial charge in [-0.1, -0.05) is 20.8 Å². The third-order valence-corrected chi connectivity index (χ3v) is 2.73. The summed E-state index contributed by atoms with van der Waals surface area (Å²) >= 11 is 0. The van der Waals surface area contributed by atoms with Crippen LogP contribution in [0, 0.1) is 0 Å². The zero-order valence-corrected chi connectivity index (χ0v) is 9.54. The van der Waals surface area contributed by atoms with Crippen LogP contribution in [0.2, 0.25) is 0 Å². The summed E-state index contributed by atoms with van der Waals surface area (Å²) in [5.74, 6) is -1.41. The van der Waals surface area contributed by atoms with Crippen LogP contribution in [0.15, 0.2) is 0 Å². The molecule has 0 aliphatic rings. The summed E-state index contributed by atoms with van der Waals surface area (Å²) < 4.78 is 0. The molecule has 5 heteroatoms. The van der Waals surface area contributed by atoms with E-state index >= 15 is 0 Å². The SMILES string of the molecule is CC[C@H](NC(=O)C(N)(CC)CC)C(=O)O. The third-order valence-electron chi connectivity index (χ3n) is 2.73. The Hall–Kier alpha value is -1.10. The maximum absolute atomic E-state index is 11.7. The zero-order chi connectivity index (χ0) is 12.1. The second-order valence-electron chi connectivity index (χ2n) is 3.64. The Balaban J connectivity index is 4.52. The molecule has 0 aliphatic carbocycles. The molecular weight excluding hydrogens is 196 g/mol. The second-order valence-corrected chi connectivity index (χ2v) is 3.64. The molecular formula is C10H20N2O3. The van der Waals surface area contributed by atoms with Gasteiger partial charge >= 0.3 is 5.97 Å². The highest BCUT2D eigenvalue weighted by molar-refractivity contribution is 5.89. The molecule has 88 valence electrons. The molecule has 0 aromatic rings. The molecule has 0 fully saturated rings. The van der Waals surface area contributed by atoms with E-state index in [0.717, 1.165) is 0 Å². The summed E-state index contributed by atoms with van der Waals surface area (Å²) in [6.45, 7) is 5.32. The summed E-state index contributed by atoms with van der Waals surface area (Å²) in [5, 5.41) is 11.2. The smallest absolute Gasteiger partial charge is 0.326 e. The molecule has 0 aromatic carbocycles. The fourth-order valence-corrected chi connectivity index (χ4v) is 1.21. The number of amides is 1. The van der Waals surface area contributed by atoms with Crippen LogP contribution >= 0.6 is 0 Å². The number of carboxylic acid groups (broad SMARTS) is 1. The third kappa shape index (κ3) is 3.51. The van der Waals surface area contributed by atoms with Crippen molar-refractivity contribution < 1.29 is 14.7 Å². The monoisotopic (exact) mass is 216 g/mol. The van der Waals surface area contributed by atoms with Gasteiger partial charge in [0.05, 0.1) is 5.54 Å². The summed E-state index contributed by atoms with van der Waals surface area (Å²) in [7, 11) is 0. The molecule has 1 amide bonds. The van der Waals surface area contributed by atoms with E-state index < -0.39 is 17.6 Å². The fraction of sp³-hybridized carbons (Fsp3) is 0.800. The van der Waals surface area contributed by atoms with E-state index in [1.165, 1.54) is 0 Å². The first-order valence-corrected chi connectivity index (χ1v) is 5.23. The highest BCUT2D eigenvalue weighted by atomic mass is 16.4. The Labute approximate surface area is 90.0 Å². The molecule has 5 nitrogen and oxygen atoms in total. The number of rotatable bonds is 6. The van der Waals surface area contributed by atoms with Gasteiger partial charge in [0.25, 0.3) is 0 Å². The Morgan fingerprint density at radius 2 is 1.80 bits per heavy atom. The van der Waals surface area contributed by atoms with Crippen LogP contribution in [0.25, 0.3) is 0 Å². The molecule has 0 aliphatic heterocycles. The maximum atomic E-state index is 11.7. The highest BCUT2D eigenvalue weighted by Gasteiger charge is 2.32. The molecule has 15 heavy (non-hydrogen) atoms. The standard InChI is InChI=1S/C10H20N2O3/c1-4-7(8(13)14)12-9(15)10(11,5-2)6-3/h7H,4-6,11H2,1-3H3,(H,12,15)(H,13,14)/t7-/m0/s1. The van der Waals surface area contributed by atoms with Crippen LogP contribution in [0.3, 0.4) is 0 Å². The number of carboxylic acids is 1. The van der Waals surface area contributed by atoms with Crippen LogP contribution in [0.5, 0.6) is 0 Å². The molecule has 0 aromatic heterocycles. The van der Waals surface area contributed by atoms with E-state index in [2.05, 4.69) is 5.32 Å². The molecule has 0 heterocycles. The van der Waals surface area contributed by atoms with Crippen LogP contribution in [-0.4, -0.2) is 28.6 Å². The van der Waals surface area contributed by atoms with Gasteiger partial charge < -0.3 is 16.2 Å². The van der Waals surface area contributed by atoms with E-state index in [4.69, 9.17) is 10.8 Å². The van der Waals surface area contributed by atoms with Gasteiger partial charge in [-0.05, 0) is 19.3 Å². The van der Waals surface area contributed by atoms with Crippen LogP contribution in [0.1, 0.15) is 40.0 Å². The highest BCUT2D eigenvalue weighted by Crippen LogP contribution is 2.11. The number of carbonyl (C=O) groups is 2. The lowest BCUT2D eigenvalue weighted by molar-refractivity contribution is -0.142. The number of nitrogens with one attached hydrogen (secondary N) is 1.